The molecule has 0 amide bonds. The number of phenols is 2. The second kappa shape index (κ2) is 13.8. The van der Waals surface area contributed by atoms with Gasteiger partial charge in [-0.15, -0.1) is 11.0 Å². The molecule has 8 aromatic rings. The number of hydrogen-bond donors (Lipinski definition) is 2. The molecule has 4 aromatic carbocycles. The maximum atomic E-state index is 12.1. The number of aromatic hydroxyl groups is 2. The van der Waals surface area contributed by atoms with Crippen molar-refractivity contribution in [3.8, 4) is 22.6 Å². The average Bonchev–Trinajstić information content (AvgIpc) is 3.82. The van der Waals surface area contributed by atoms with Gasteiger partial charge in [0.25, 0.3) is 0 Å². The number of aromatic nitrogens is 4. The van der Waals surface area contributed by atoms with Gasteiger partial charge in [-0.2, -0.15) is 0 Å². The average molecular weight is 810 g/mol. The first kappa shape index (κ1) is 38.0. The van der Waals surface area contributed by atoms with Gasteiger partial charge in [0, 0.05) is 65.9 Å². The van der Waals surface area contributed by atoms with Crippen molar-refractivity contribution in [1.82, 2.24) is 19.9 Å². The molecule has 9 rings (SSSR count). The molecule has 0 saturated carbocycles. The maximum Gasteiger partial charge on any atom is 0.134 e. The van der Waals surface area contributed by atoms with E-state index in [9.17, 15) is 10.2 Å². The Labute approximate surface area is 340 Å². The molecule has 0 fully saturated rings. The normalized spacial score (nSPS) is 12.3. The molecule has 0 saturated heterocycles. The fourth-order valence-corrected chi connectivity index (χ4v) is 7.32. The largest absolute Gasteiger partial charge is 0.657 e. The van der Waals surface area contributed by atoms with E-state index in [1.807, 2.05) is 103 Å². The van der Waals surface area contributed by atoms with E-state index in [2.05, 4.69) is 53.7 Å². The Balaban J connectivity index is 0.00000233. The molecule has 4 aromatic heterocycles. The van der Waals surface area contributed by atoms with E-state index in [0.29, 0.717) is 54.8 Å². The summed E-state index contributed by atoms with van der Waals surface area (Å²) in [6.45, 7) is 13.0. The second-order valence-corrected chi connectivity index (χ2v) is 16.1. The molecule has 0 spiro atoms. The summed E-state index contributed by atoms with van der Waals surface area (Å²) < 4.78 is 0. The van der Waals surface area contributed by atoms with Crippen molar-refractivity contribution >= 4 is 77.6 Å². The zero-order valence-electron chi connectivity index (χ0n) is 31.3. The molecule has 5 heterocycles. The van der Waals surface area contributed by atoms with Crippen LogP contribution in [-0.4, -0.2) is 25.2 Å². The van der Waals surface area contributed by atoms with Crippen LogP contribution in [-0.2, 0) is 44.4 Å². The van der Waals surface area contributed by atoms with E-state index in [-0.39, 0.29) is 55.9 Å². The number of hydrogen-bond acceptors (Lipinski definition) is 5. The van der Waals surface area contributed by atoms with Crippen LogP contribution in [0.25, 0.3) is 88.7 Å². The van der Waals surface area contributed by atoms with Gasteiger partial charge >= 0.3 is 0 Å². The van der Waals surface area contributed by atoms with Crippen LogP contribution in [0.5, 0.6) is 11.5 Å². The molecule has 6 nitrogen and oxygen atoms in total. The standard InChI is InChI=1S/C47H39N4O2.2Co/c1-46(2,3)29-22-31-35-18-20-39(48-35)41(26-10-8-7-9-11-26)40-21-19-36(49-40)32-23-30(47(4,5)6)25-34(45(32)53)38-17-15-28-13-12-27-14-16-37(33(24-29)44(31)52)50-42(27)43(28)51-38;;/h7-25H,1-6H3,(H2-,48,49,50,51,52,53);;/q-1;;. The molecule has 0 atom stereocenters. The Morgan fingerprint density at radius 1 is 0.491 bits per heavy atom. The van der Waals surface area contributed by atoms with Crippen LogP contribution >= 0.6 is 0 Å². The number of rotatable bonds is 1. The Bertz CT molecular complexity index is 2990. The van der Waals surface area contributed by atoms with Gasteiger partial charge < -0.3 is 15.2 Å². The molecule has 0 unspecified atom stereocenters. The molecule has 1 aliphatic rings. The van der Waals surface area contributed by atoms with Crippen molar-refractivity contribution < 1.29 is 43.8 Å². The summed E-state index contributed by atoms with van der Waals surface area (Å²) in [5.41, 5.74) is 8.95. The second-order valence-electron chi connectivity index (χ2n) is 16.1. The Morgan fingerprint density at radius 2 is 0.964 bits per heavy atom. The summed E-state index contributed by atoms with van der Waals surface area (Å²) in [5.74, 6) is 0.235. The molecule has 2 radical (unpaired) electrons. The predicted octanol–water partition coefficient (Wildman–Crippen LogP) is 11.6. The minimum absolute atomic E-state index is 0. The molecule has 278 valence electrons. The molecule has 2 N–H and O–H groups in total. The fraction of sp³-hybridized carbons (Fsp3) is 0.170. The minimum atomic E-state index is -0.222. The molecular weight excluding hydrogens is 770 g/mol. The van der Waals surface area contributed by atoms with E-state index in [1.165, 1.54) is 0 Å². The van der Waals surface area contributed by atoms with Gasteiger partial charge in [-0.1, -0.05) is 108 Å². The van der Waals surface area contributed by atoms with Gasteiger partial charge in [-0.25, -0.2) is 15.0 Å². The summed E-state index contributed by atoms with van der Waals surface area (Å²) in [7, 11) is 0. The number of phenolic OH excluding ortho intramolecular Hbond substituents is 2. The Morgan fingerprint density at radius 3 is 1.53 bits per heavy atom. The zero-order valence-corrected chi connectivity index (χ0v) is 33.4. The summed E-state index contributed by atoms with van der Waals surface area (Å²) >= 11 is 0. The van der Waals surface area contributed by atoms with Crippen LogP contribution < -0.4 is 4.98 Å². The van der Waals surface area contributed by atoms with Gasteiger partial charge in [-0.05, 0) is 81.6 Å². The van der Waals surface area contributed by atoms with Gasteiger partial charge in [0.15, 0.2) is 0 Å². The van der Waals surface area contributed by atoms with Gasteiger partial charge in [-0.3, -0.25) is 0 Å². The number of benzene rings is 4. The van der Waals surface area contributed by atoms with Crippen molar-refractivity contribution in [2.45, 2.75) is 52.4 Å². The summed E-state index contributed by atoms with van der Waals surface area (Å²) in [5, 5.41) is 28.6. The summed E-state index contributed by atoms with van der Waals surface area (Å²) in [6.07, 6.45) is 3.95. The van der Waals surface area contributed by atoms with E-state index < -0.39 is 0 Å². The van der Waals surface area contributed by atoms with E-state index in [4.69, 9.17) is 19.9 Å². The fourth-order valence-electron chi connectivity index (χ4n) is 7.32. The monoisotopic (exact) mass is 809 g/mol. The maximum absolute atomic E-state index is 12.1. The van der Waals surface area contributed by atoms with Crippen molar-refractivity contribution in [3.63, 3.8) is 0 Å². The first-order chi connectivity index (χ1) is 25.3. The van der Waals surface area contributed by atoms with Crippen LogP contribution in [0.4, 0.5) is 0 Å². The minimum Gasteiger partial charge on any atom is -0.657 e. The van der Waals surface area contributed by atoms with E-state index in [1.54, 1.807) is 0 Å². The van der Waals surface area contributed by atoms with Crippen LogP contribution in [0.1, 0.15) is 64.1 Å². The van der Waals surface area contributed by atoms with Crippen molar-refractivity contribution in [2.24, 2.45) is 0 Å². The number of pyridine rings is 2. The molecule has 55 heavy (non-hydrogen) atoms. The van der Waals surface area contributed by atoms with Crippen molar-refractivity contribution in [2.75, 3.05) is 0 Å². The smallest absolute Gasteiger partial charge is 0.134 e. The molecular formula is C47H39Co2N4O2-. The first-order valence-electron chi connectivity index (χ1n) is 18.0. The van der Waals surface area contributed by atoms with E-state index in [0.717, 1.165) is 44.2 Å². The zero-order chi connectivity index (χ0) is 36.8. The summed E-state index contributed by atoms with van der Waals surface area (Å²) in [4.78, 5) is 20.8. The third-order valence-electron chi connectivity index (χ3n) is 10.4. The molecule has 12 bridgehead atoms. The predicted molar refractivity (Wildman–Crippen MR) is 220 cm³/mol. The summed E-state index contributed by atoms with van der Waals surface area (Å²) in [6, 6.07) is 34.3. The van der Waals surface area contributed by atoms with Gasteiger partial charge in [0.1, 0.15) is 11.5 Å². The van der Waals surface area contributed by atoms with Crippen LogP contribution in [0.2, 0.25) is 0 Å². The third-order valence-corrected chi connectivity index (χ3v) is 10.4. The van der Waals surface area contributed by atoms with Crippen LogP contribution in [0, 0.1) is 0 Å². The van der Waals surface area contributed by atoms with Gasteiger partial charge in [0.05, 0.1) is 33.5 Å². The molecule has 8 heteroatoms. The van der Waals surface area contributed by atoms with Gasteiger partial charge in [0.2, 0.25) is 0 Å². The van der Waals surface area contributed by atoms with Crippen molar-refractivity contribution in [3.05, 3.63) is 126 Å². The number of nitrogens with zero attached hydrogens (tertiary/aromatic N) is 4. The topological polar surface area (TPSA) is 93.2 Å². The van der Waals surface area contributed by atoms with E-state index >= 15 is 0 Å². The first-order valence-corrected chi connectivity index (χ1v) is 18.0. The third kappa shape index (κ3) is 6.53. The SMILES string of the molecule is CC(C)(C)c1cc2c3nc(c(-c4ccccc4)c4ccc([n-]4)c4cc(C(C)(C)C)cc(c4O)c4ccc5ccc6ccc(nc6c5n4)c(c1)c2O)C=C3.[Co].[Co]. The quantitative estimate of drug-likeness (QED) is 0.160. The van der Waals surface area contributed by atoms with Crippen LogP contribution in [0.15, 0.2) is 103 Å². The molecule has 0 aliphatic carbocycles. The van der Waals surface area contributed by atoms with Crippen LogP contribution in [0.3, 0.4) is 0 Å². The number of fused-ring (bicyclic) bond motifs is 14. The molecule has 1 aliphatic heterocycles. The Hall–Kier alpha value is -5.26. The Kier molecular flexibility index (Phi) is 9.54. The van der Waals surface area contributed by atoms with Crippen molar-refractivity contribution in [1.29, 1.82) is 0 Å².